The molecular formula is C17H28N2O. The minimum absolute atomic E-state index is 0.560. The second-order valence-electron chi connectivity index (χ2n) is 5.82. The molecule has 0 aliphatic carbocycles. The smallest absolute Gasteiger partial charge is 0.0477 e. The van der Waals surface area contributed by atoms with E-state index in [0.717, 1.165) is 32.5 Å². The van der Waals surface area contributed by atoms with Crippen molar-refractivity contribution in [2.75, 3.05) is 33.4 Å². The molecule has 1 aliphatic rings. The van der Waals surface area contributed by atoms with E-state index in [4.69, 9.17) is 4.74 Å². The number of benzene rings is 1. The lowest BCUT2D eigenvalue weighted by Gasteiger charge is -2.30. The number of methoxy groups -OCH3 is 1. The van der Waals surface area contributed by atoms with Gasteiger partial charge in [-0.05, 0) is 44.8 Å². The molecule has 1 saturated heterocycles. The van der Waals surface area contributed by atoms with Gasteiger partial charge >= 0.3 is 0 Å². The average Bonchev–Trinajstić information content (AvgIpc) is 2.71. The maximum absolute atomic E-state index is 5.21. The maximum Gasteiger partial charge on any atom is 0.0477 e. The Morgan fingerprint density at radius 3 is 2.90 bits per heavy atom. The highest BCUT2D eigenvalue weighted by Crippen LogP contribution is 2.12. The number of hydrogen-bond donors (Lipinski definition) is 1. The topological polar surface area (TPSA) is 24.5 Å². The van der Waals surface area contributed by atoms with Gasteiger partial charge in [0.05, 0.1) is 0 Å². The summed E-state index contributed by atoms with van der Waals surface area (Å²) in [6.07, 6.45) is 3.48. The lowest BCUT2D eigenvalue weighted by atomic mass is 10.0. The summed E-state index contributed by atoms with van der Waals surface area (Å²) >= 11 is 0. The Morgan fingerprint density at radius 2 is 2.15 bits per heavy atom. The van der Waals surface area contributed by atoms with E-state index < -0.39 is 0 Å². The first-order chi connectivity index (χ1) is 9.79. The lowest BCUT2D eigenvalue weighted by Crippen LogP contribution is -2.43. The second-order valence-corrected chi connectivity index (χ2v) is 5.82. The van der Waals surface area contributed by atoms with Crippen LogP contribution in [0.3, 0.4) is 0 Å². The maximum atomic E-state index is 5.21. The Balaban J connectivity index is 1.89. The number of hydrogen-bond acceptors (Lipinski definition) is 3. The largest absolute Gasteiger partial charge is 0.385 e. The Hall–Kier alpha value is -0.900. The predicted octanol–water partition coefficient (Wildman–Crippen LogP) is 2.32. The minimum Gasteiger partial charge on any atom is -0.385 e. The van der Waals surface area contributed by atoms with Crippen molar-refractivity contribution in [3.8, 4) is 0 Å². The fourth-order valence-electron chi connectivity index (χ4n) is 2.93. The first-order valence-corrected chi connectivity index (χ1v) is 7.80. The SMILES string of the molecule is COCCC(C)N1CCCNC(Cc2ccccc2)C1. The molecule has 20 heavy (non-hydrogen) atoms. The number of rotatable bonds is 6. The van der Waals surface area contributed by atoms with Gasteiger partial charge in [0.2, 0.25) is 0 Å². The summed E-state index contributed by atoms with van der Waals surface area (Å²) in [4.78, 5) is 2.62. The van der Waals surface area contributed by atoms with Crippen LogP contribution in [0.2, 0.25) is 0 Å². The predicted molar refractivity (Wildman–Crippen MR) is 84.1 cm³/mol. The van der Waals surface area contributed by atoms with E-state index in [-0.39, 0.29) is 0 Å². The van der Waals surface area contributed by atoms with Gasteiger partial charge in [0.15, 0.2) is 0 Å². The van der Waals surface area contributed by atoms with Crippen LogP contribution in [0.4, 0.5) is 0 Å². The Kier molecular flexibility index (Phi) is 6.51. The molecule has 1 aliphatic heterocycles. The van der Waals surface area contributed by atoms with E-state index in [0.29, 0.717) is 12.1 Å². The normalized spacial score (nSPS) is 22.4. The molecule has 2 rings (SSSR count). The van der Waals surface area contributed by atoms with Crippen molar-refractivity contribution in [1.82, 2.24) is 10.2 Å². The number of nitrogens with one attached hydrogen (secondary N) is 1. The monoisotopic (exact) mass is 276 g/mol. The molecule has 112 valence electrons. The van der Waals surface area contributed by atoms with Crippen LogP contribution in [0.25, 0.3) is 0 Å². The zero-order chi connectivity index (χ0) is 14.2. The summed E-state index contributed by atoms with van der Waals surface area (Å²) in [6.45, 7) is 6.65. The summed E-state index contributed by atoms with van der Waals surface area (Å²) in [7, 11) is 1.79. The molecule has 0 radical (unpaired) electrons. The van der Waals surface area contributed by atoms with Crippen LogP contribution in [-0.4, -0.2) is 50.3 Å². The molecule has 0 bridgehead atoms. The molecular weight excluding hydrogens is 248 g/mol. The number of ether oxygens (including phenoxy) is 1. The third kappa shape index (κ3) is 4.89. The summed E-state index contributed by atoms with van der Waals surface area (Å²) in [5, 5.41) is 3.70. The second kappa shape index (κ2) is 8.40. The highest BCUT2D eigenvalue weighted by molar-refractivity contribution is 5.16. The molecule has 0 saturated carbocycles. The van der Waals surface area contributed by atoms with Gasteiger partial charge in [-0.3, -0.25) is 4.90 Å². The average molecular weight is 276 g/mol. The molecule has 0 aromatic heterocycles. The summed E-state index contributed by atoms with van der Waals surface area (Å²) in [5.74, 6) is 0. The molecule has 1 aromatic carbocycles. The highest BCUT2D eigenvalue weighted by Gasteiger charge is 2.21. The van der Waals surface area contributed by atoms with E-state index >= 15 is 0 Å². The fourth-order valence-corrected chi connectivity index (χ4v) is 2.93. The highest BCUT2D eigenvalue weighted by atomic mass is 16.5. The first kappa shape index (κ1) is 15.5. The standard InChI is InChI=1S/C17H28N2O/c1-15(9-12-20-2)19-11-6-10-18-17(14-19)13-16-7-4-3-5-8-16/h3-5,7-8,15,17-18H,6,9-14H2,1-2H3. The van der Waals surface area contributed by atoms with Gasteiger partial charge in [0.1, 0.15) is 0 Å². The van der Waals surface area contributed by atoms with Gasteiger partial charge < -0.3 is 10.1 Å². The van der Waals surface area contributed by atoms with Crippen molar-refractivity contribution < 1.29 is 4.74 Å². The molecule has 1 N–H and O–H groups in total. The van der Waals surface area contributed by atoms with Crippen LogP contribution in [0.5, 0.6) is 0 Å². The molecule has 2 unspecified atom stereocenters. The minimum atomic E-state index is 0.560. The molecule has 1 aromatic rings. The quantitative estimate of drug-likeness (QED) is 0.863. The van der Waals surface area contributed by atoms with Crippen molar-refractivity contribution in [1.29, 1.82) is 0 Å². The van der Waals surface area contributed by atoms with Crippen molar-refractivity contribution in [3.63, 3.8) is 0 Å². The van der Waals surface area contributed by atoms with Gasteiger partial charge in [0.25, 0.3) is 0 Å². The summed E-state index contributed by atoms with van der Waals surface area (Å²) in [5.41, 5.74) is 1.43. The molecule has 0 amide bonds. The number of nitrogens with zero attached hydrogens (tertiary/aromatic N) is 1. The van der Waals surface area contributed by atoms with Gasteiger partial charge in [-0.15, -0.1) is 0 Å². The first-order valence-electron chi connectivity index (χ1n) is 7.80. The zero-order valence-corrected chi connectivity index (χ0v) is 12.8. The van der Waals surface area contributed by atoms with Gasteiger partial charge in [-0.2, -0.15) is 0 Å². The van der Waals surface area contributed by atoms with Crippen molar-refractivity contribution in [2.45, 2.75) is 38.3 Å². The van der Waals surface area contributed by atoms with E-state index in [1.165, 1.54) is 18.5 Å². The van der Waals surface area contributed by atoms with Gasteiger partial charge in [-0.1, -0.05) is 30.3 Å². The third-order valence-corrected chi connectivity index (χ3v) is 4.20. The van der Waals surface area contributed by atoms with Crippen LogP contribution in [0.1, 0.15) is 25.3 Å². The van der Waals surface area contributed by atoms with Crippen LogP contribution in [0, 0.1) is 0 Å². The molecule has 2 atom stereocenters. The van der Waals surface area contributed by atoms with Crippen molar-refractivity contribution >= 4 is 0 Å². The molecule has 3 heteroatoms. The van der Waals surface area contributed by atoms with Gasteiger partial charge in [-0.25, -0.2) is 0 Å². The van der Waals surface area contributed by atoms with Crippen molar-refractivity contribution in [3.05, 3.63) is 35.9 Å². The van der Waals surface area contributed by atoms with E-state index in [9.17, 15) is 0 Å². The zero-order valence-electron chi connectivity index (χ0n) is 12.8. The van der Waals surface area contributed by atoms with E-state index in [2.05, 4.69) is 47.5 Å². The molecule has 1 fully saturated rings. The van der Waals surface area contributed by atoms with Gasteiger partial charge in [0, 0.05) is 32.3 Å². The lowest BCUT2D eigenvalue weighted by molar-refractivity contribution is 0.136. The van der Waals surface area contributed by atoms with E-state index in [1.54, 1.807) is 7.11 Å². The molecule has 0 spiro atoms. The molecule has 3 nitrogen and oxygen atoms in total. The van der Waals surface area contributed by atoms with Crippen LogP contribution >= 0.6 is 0 Å². The van der Waals surface area contributed by atoms with Crippen molar-refractivity contribution in [2.24, 2.45) is 0 Å². The van der Waals surface area contributed by atoms with Crippen LogP contribution in [-0.2, 0) is 11.2 Å². The summed E-state index contributed by atoms with van der Waals surface area (Å²) in [6, 6.07) is 12.0. The Labute approximate surface area is 123 Å². The van der Waals surface area contributed by atoms with E-state index in [1.807, 2.05) is 0 Å². The fraction of sp³-hybridized carbons (Fsp3) is 0.647. The summed E-state index contributed by atoms with van der Waals surface area (Å²) < 4.78 is 5.21. The Bertz CT molecular complexity index is 369. The van der Waals surface area contributed by atoms with Crippen LogP contribution in [0.15, 0.2) is 30.3 Å². The van der Waals surface area contributed by atoms with Crippen LogP contribution < -0.4 is 5.32 Å². The molecule has 1 heterocycles. The third-order valence-electron chi connectivity index (χ3n) is 4.20. The Morgan fingerprint density at radius 1 is 1.35 bits per heavy atom.